The highest BCUT2D eigenvalue weighted by Crippen LogP contribution is 2.35. The van der Waals surface area contributed by atoms with Crippen LogP contribution in [0.4, 0.5) is 0 Å². The van der Waals surface area contributed by atoms with Crippen LogP contribution in [0.3, 0.4) is 0 Å². The molecule has 7 heteroatoms. The van der Waals surface area contributed by atoms with E-state index in [9.17, 15) is 14.4 Å². The number of carbonyl (C=O) groups is 3. The van der Waals surface area contributed by atoms with Crippen LogP contribution in [0.25, 0.3) is 10.9 Å². The lowest BCUT2D eigenvalue weighted by Gasteiger charge is -2.11. The van der Waals surface area contributed by atoms with Gasteiger partial charge in [-0.2, -0.15) is 0 Å². The van der Waals surface area contributed by atoms with E-state index in [-0.39, 0.29) is 11.3 Å². The summed E-state index contributed by atoms with van der Waals surface area (Å²) >= 11 is 0. The van der Waals surface area contributed by atoms with Crippen molar-refractivity contribution >= 4 is 28.6 Å². The van der Waals surface area contributed by atoms with Crippen molar-refractivity contribution in [2.75, 3.05) is 6.61 Å². The predicted octanol–water partition coefficient (Wildman–Crippen LogP) is 3.41. The van der Waals surface area contributed by atoms with E-state index in [2.05, 4.69) is 0 Å². The van der Waals surface area contributed by atoms with E-state index in [4.69, 9.17) is 15.6 Å². The van der Waals surface area contributed by atoms with Gasteiger partial charge in [0.1, 0.15) is 5.75 Å². The van der Waals surface area contributed by atoms with Gasteiger partial charge in [0, 0.05) is 12.2 Å². The quantitative estimate of drug-likeness (QED) is 0.437. The van der Waals surface area contributed by atoms with Gasteiger partial charge in [-0.05, 0) is 24.1 Å². The first kappa shape index (κ1) is 22.7. The molecule has 7 nitrogen and oxygen atoms in total. The van der Waals surface area contributed by atoms with E-state index in [0.717, 1.165) is 5.56 Å². The fourth-order valence-electron chi connectivity index (χ4n) is 3.36. The van der Waals surface area contributed by atoms with Gasteiger partial charge < -0.3 is 20.1 Å². The van der Waals surface area contributed by atoms with Crippen LogP contribution in [0, 0.1) is 0 Å². The van der Waals surface area contributed by atoms with Crippen LogP contribution < -0.4 is 10.5 Å². The van der Waals surface area contributed by atoms with Crippen molar-refractivity contribution in [2.24, 2.45) is 5.73 Å². The first-order valence-electron chi connectivity index (χ1n) is 9.80. The van der Waals surface area contributed by atoms with Crippen molar-refractivity contribution in [1.29, 1.82) is 0 Å². The van der Waals surface area contributed by atoms with Crippen LogP contribution in [-0.4, -0.2) is 33.9 Å². The van der Waals surface area contributed by atoms with Crippen LogP contribution in [0.5, 0.6) is 5.75 Å². The molecule has 0 aliphatic carbocycles. The van der Waals surface area contributed by atoms with Crippen LogP contribution >= 0.6 is 0 Å². The number of Topliss-reactive ketones (excluding diaryl/α,β-unsaturated/α-hetero) is 1. The summed E-state index contributed by atoms with van der Waals surface area (Å²) in [5, 5.41) is 9.35. The molecule has 0 unspecified atom stereocenters. The molecule has 3 aromatic rings. The molecule has 0 aliphatic heterocycles. The maximum Gasteiger partial charge on any atom is 0.341 e. The maximum absolute atomic E-state index is 12.6. The fourth-order valence-corrected chi connectivity index (χ4v) is 3.36. The molecule has 1 amide bonds. The predicted molar refractivity (Wildman–Crippen MR) is 115 cm³/mol. The minimum absolute atomic E-state index is 0.168. The number of nitrogens with two attached hydrogens (primary N) is 1. The molecule has 0 atom stereocenters. The van der Waals surface area contributed by atoms with Crippen molar-refractivity contribution in [3.8, 4) is 5.75 Å². The summed E-state index contributed by atoms with van der Waals surface area (Å²) in [6.45, 7) is 5.80. The molecule has 30 heavy (non-hydrogen) atoms. The van der Waals surface area contributed by atoms with Gasteiger partial charge >= 0.3 is 5.97 Å². The molecule has 0 saturated heterocycles. The summed E-state index contributed by atoms with van der Waals surface area (Å²) in [6, 6.07) is 14.8. The van der Waals surface area contributed by atoms with Gasteiger partial charge in [0.05, 0.1) is 16.5 Å². The van der Waals surface area contributed by atoms with Crippen LogP contribution in [0.2, 0.25) is 0 Å². The van der Waals surface area contributed by atoms with Crippen LogP contribution in [0.1, 0.15) is 42.4 Å². The second kappa shape index (κ2) is 10.2. The Morgan fingerprint density at radius 2 is 1.70 bits per heavy atom. The van der Waals surface area contributed by atoms with E-state index < -0.39 is 24.3 Å². The number of carboxylic acid groups (broad SMARTS) is 1. The van der Waals surface area contributed by atoms with Crippen LogP contribution in [0.15, 0.2) is 48.5 Å². The van der Waals surface area contributed by atoms with Gasteiger partial charge in [-0.25, -0.2) is 4.79 Å². The molecule has 3 rings (SSSR count). The number of hydrogen-bond donors (Lipinski definition) is 2. The van der Waals surface area contributed by atoms with E-state index in [1.54, 1.807) is 12.1 Å². The molecule has 0 saturated carbocycles. The molecule has 0 bridgehead atoms. The first-order chi connectivity index (χ1) is 14.4. The number of carbonyl (C=O) groups excluding carboxylic acids is 2. The van der Waals surface area contributed by atoms with Crippen molar-refractivity contribution in [1.82, 2.24) is 4.57 Å². The number of carboxylic acids is 1. The van der Waals surface area contributed by atoms with Crippen LogP contribution in [-0.2, 0) is 22.6 Å². The second-order valence-corrected chi connectivity index (χ2v) is 6.27. The van der Waals surface area contributed by atoms with Crippen molar-refractivity contribution in [3.63, 3.8) is 0 Å². The average Bonchev–Trinajstić information content (AvgIpc) is 3.07. The van der Waals surface area contributed by atoms with Gasteiger partial charge in [0.25, 0.3) is 11.7 Å². The Bertz CT molecular complexity index is 1050. The van der Waals surface area contributed by atoms with Gasteiger partial charge in [-0.1, -0.05) is 57.2 Å². The van der Waals surface area contributed by atoms with Gasteiger partial charge in [0.15, 0.2) is 6.61 Å². The molecular formula is C23H26N2O5. The molecule has 0 spiro atoms. The minimum Gasteiger partial charge on any atom is -0.481 e. The van der Waals surface area contributed by atoms with Gasteiger partial charge in [0.2, 0.25) is 0 Å². The normalized spacial score (nSPS) is 10.2. The van der Waals surface area contributed by atoms with E-state index in [0.29, 0.717) is 29.6 Å². The number of hydrogen-bond acceptors (Lipinski definition) is 4. The molecule has 0 fully saturated rings. The summed E-state index contributed by atoms with van der Waals surface area (Å²) in [5.41, 5.74) is 7.79. The zero-order valence-electron chi connectivity index (χ0n) is 17.3. The summed E-state index contributed by atoms with van der Waals surface area (Å²) in [5.74, 6) is -2.80. The number of rotatable bonds is 8. The third-order valence-corrected chi connectivity index (χ3v) is 4.48. The Balaban J connectivity index is 0.00000155. The zero-order valence-corrected chi connectivity index (χ0v) is 17.3. The SMILES string of the molecule is CC.CCc1c(C(=O)C(N)=O)c2c(OCC(=O)O)cccc2n1Cc1ccccc1. The van der Waals surface area contributed by atoms with Gasteiger partial charge in [-0.15, -0.1) is 0 Å². The van der Waals surface area contributed by atoms with Crippen molar-refractivity contribution in [3.05, 3.63) is 65.4 Å². The lowest BCUT2D eigenvalue weighted by atomic mass is 10.0. The molecule has 1 heterocycles. The number of aliphatic carboxylic acids is 1. The lowest BCUT2D eigenvalue weighted by molar-refractivity contribution is -0.139. The lowest BCUT2D eigenvalue weighted by Crippen LogP contribution is -2.24. The number of primary amides is 1. The number of nitrogens with zero attached hydrogens (tertiary/aromatic N) is 1. The van der Waals surface area contributed by atoms with E-state index in [1.807, 2.05) is 61.7 Å². The summed E-state index contributed by atoms with van der Waals surface area (Å²) < 4.78 is 7.34. The third kappa shape index (κ3) is 4.68. The molecule has 158 valence electrons. The number of ketones is 1. The topological polar surface area (TPSA) is 112 Å². The molecule has 1 aromatic heterocycles. The molecule has 3 N–H and O–H groups in total. The first-order valence-corrected chi connectivity index (χ1v) is 9.80. The summed E-state index contributed by atoms with van der Waals surface area (Å²) in [7, 11) is 0. The minimum atomic E-state index is -1.14. The van der Waals surface area contributed by atoms with Crippen molar-refractivity contribution < 1.29 is 24.2 Å². The highest BCUT2D eigenvalue weighted by molar-refractivity contribution is 6.45. The fraction of sp³-hybridized carbons (Fsp3) is 0.261. The maximum atomic E-state index is 12.6. The average molecular weight is 410 g/mol. The Hall–Kier alpha value is -3.61. The Morgan fingerprint density at radius 1 is 1.03 bits per heavy atom. The summed E-state index contributed by atoms with van der Waals surface area (Å²) in [4.78, 5) is 35.3. The van der Waals surface area contributed by atoms with E-state index >= 15 is 0 Å². The second-order valence-electron chi connectivity index (χ2n) is 6.27. The smallest absolute Gasteiger partial charge is 0.341 e. The number of benzene rings is 2. The molecule has 2 aromatic carbocycles. The number of amides is 1. The van der Waals surface area contributed by atoms with Crippen molar-refractivity contribution in [2.45, 2.75) is 33.7 Å². The number of fused-ring (bicyclic) bond motifs is 1. The largest absolute Gasteiger partial charge is 0.481 e. The standard InChI is InChI=1S/C21H20N2O5.C2H6/c1-2-14-19(20(26)21(22)27)18-15(9-6-10-16(18)28-12-17(24)25)23(14)11-13-7-4-3-5-8-13;1-2/h3-10H,2,11-12H2,1H3,(H2,22,27)(H,24,25);1-2H3. The molecule has 0 radical (unpaired) electrons. The third-order valence-electron chi connectivity index (χ3n) is 4.48. The number of aromatic nitrogens is 1. The highest BCUT2D eigenvalue weighted by atomic mass is 16.5. The molecule has 0 aliphatic rings. The monoisotopic (exact) mass is 410 g/mol. The summed E-state index contributed by atoms with van der Waals surface area (Å²) in [6.07, 6.45) is 0.480. The highest BCUT2D eigenvalue weighted by Gasteiger charge is 2.27. The zero-order chi connectivity index (χ0) is 22.3. The van der Waals surface area contributed by atoms with E-state index in [1.165, 1.54) is 0 Å². The Morgan fingerprint density at radius 3 is 2.27 bits per heavy atom. The molecular weight excluding hydrogens is 384 g/mol. The Labute approximate surface area is 175 Å². The number of ether oxygens (including phenoxy) is 1. The Kier molecular flexibility index (Phi) is 7.75. The van der Waals surface area contributed by atoms with Gasteiger partial charge in [-0.3, -0.25) is 9.59 Å².